The molecular formula is C24H30O7. The van der Waals surface area contributed by atoms with Gasteiger partial charge in [0.05, 0.1) is 40.5 Å². The van der Waals surface area contributed by atoms with Crippen LogP contribution in [-0.4, -0.2) is 54.2 Å². The van der Waals surface area contributed by atoms with Crippen LogP contribution in [0.1, 0.15) is 11.1 Å². The van der Waals surface area contributed by atoms with E-state index in [9.17, 15) is 4.79 Å². The molecule has 1 fully saturated rings. The van der Waals surface area contributed by atoms with Crippen molar-refractivity contribution in [2.75, 3.05) is 48.3 Å². The van der Waals surface area contributed by atoms with Crippen molar-refractivity contribution in [1.82, 2.24) is 0 Å². The van der Waals surface area contributed by atoms with Gasteiger partial charge in [-0.25, -0.2) is 0 Å². The smallest absolute Gasteiger partial charge is 0.309 e. The third-order valence-corrected chi connectivity index (χ3v) is 5.49. The molecule has 3 rings (SSSR count). The zero-order chi connectivity index (χ0) is 22.2. The van der Waals surface area contributed by atoms with E-state index in [0.29, 0.717) is 55.7 Å². The first-order valence-corrected chi connectivity index (χ1v) is 10.3. The first kappa shape index (κ1) is 22.7. The van der Waals surface area contributed by atoms with Crippen LogP contribution in [0.2, 0.25) is 0 Å². The number of rotatable bonds is 11. The Morgan fingerprint density at radius 1 is 0.806 bits per heavy atom. The molecule has 2 atom stereocenters. The monoisotopic (exact) mass is 430 g/mol. The molecule has 31 heavy (non-hydrogen) atoms. The lowest BCUT2D eigenvalue weighted by atomic mass is 9.85. The Balaban J connectivity index is 1.72. The van der Waals surface area contributed by atoms with Gasteiger partial charge in [0.1, 0.15) is 6.61 Å². The van der Waals surface area contributed by atoms with E-state index in [1.165, 1.54) is 0 Å². The lowest BCUT2D eigenvalue weighted by molar-refractivity contribution is -0.141. The number of methoxy groups -OCH3 is 4. The van der Waals surface area contributed by atoms with E-state index in [2.05, 4.69) is 0 Å². The molecule has 1 heterocycles. The number of hydrogen-bond donors (Lipinski definition) is 0. The molecular weight excluding hydrogens is 400 g/mol. The molecule has 168 valence electrons. The fourth-order valence-corrected chi connectivity index (χ4v) is 3.81. The van der Waals surface area contributed by atoms with Crippen molar-refractivity contribution in [1.29, 1.82) is 0 Å². The maximum atomic E-state index is 12.5. The van der Waals surface area contributed by atoms with Crippen molar-refractivity contribution in [2.45, 2.75) is 12.8 Å². The van der Waals surface area contributed by atoms with Gasteiger partial charge in [-0.2, -0.15) is 0 Å². The number of ether oxygens (including phenoxy) is 6. The van der Waals surface area contributed by atoms with Crippen molar-refractivity contribution in [3.8, 4) is 23.0 Å². The second-order valence-corrected chi connectivity index (χ2v) is 7.42. The van der Waals surface area contributed by atoms with E-state index >= 15 is 0 Å². The van der Waals surface area contributed by atoms with Gasteiger partial charge < -0.3 is 28.4 Å². The molecule has 0 bridgehead atoms. The highest BCUT2D eigenvalue weighted by molar-refractivity contribution is 5.75. The molecule has 0 spiro atoms. The number of benzene rings is 2. The Kier molecular flexibility index (Phi) is 8.00. The predicted octanol–water partition coefficient (Wildman–Crippen LogP) is 3.31. The SMILES string of the molecule is COCCOc1ccc(C[C@H]2C(=O)OC[C@@H]2Cc2ccc(OC)c(OC)c2)cc1OC. The van der Waals surface area contributed by atoms with Gasteiger partial charge in [0.15, 0.2) is 23.0 Å². The lowest BCUT2D eigenvalue weighted by Crippen LogP contribution is -2.20. The van der Waals surface area contributed by atoms with E-state index in [4.69, 9.17) is 28.4 Å². The van der Waals surface area contributed by atoms with Crippen molar-refractivity contribution < 1.29 is 33.2 Å². The normalized spacial score (nSPS) is 17.9. The molecule has 2 aromatic carbocycles. The second kappa shape index (κ2) is 10.9. The van der Waals surface area contributed by atoms with Crippen molar-refractivity contribution in [3.63, 3.8) is 0 Å². The predicted molar refractivity (Wildman–Crippen MR) is 115 cm³/mol. The number of hydrogen-bond acceptors (Lipinski definition) is 7. The molecule has 0 unspecified atom stereocenters. The summed E-state index contributed by atoms with van der Waals surface area (Å²) < 4.78 is 32.3. The van der Waals surface area contributed by atoms with Crippen molar-refractivity contribution in [2.24, 2.45) is 11.8 Å². The van der Waals surface area contributed by atoms with Gasteiger partial charge in [-0.05, 0) is 48.2 Å². The number of cyclic esters (lactones) is 1. The van der Waals surface area contributed by atoms with Crippen LogP contribution in [-0.2, 0) is 27.1 Å². The van der Waals surface area contributed by atoms with E-state index < -0.39 is 0 Å². The van der Waals surface area contributed by atoms with E-state index in [1.54, 1.807) is 28.4 Å². The maximum Gasteiger partial charge on any atom is 0.309 e. The van der Waals surface area contributed by atoms with Crippen LogP contribution in [0.4, 0.5) is 0 Å². The molecule has 1 aliphatic rings. The zero-order valence-corrected chi connectivity index (χ0v) is 18.5. The summed E-state index contributed by atoms with van der Waals surface area (Å²) in [7, 11) is 6.46. The Morgan fingerprint density at radius 3 is 2.06 bits per heavy atom. The molecule has 0 saturated carbocycles. The highest BCUT2D eigenvalue weighted by Gasteiger charge is 2.37. The standard InChI is InChI=1S/C24H30O7/c1-26-9-10-30-21-8-6-17(14-23(21)29-4)12-19-18(15-31-24(19)25)11-16-5-7-20(27-2)22(13-16)28-3/h5-8,13-14,18-19H,9-12,15H2,1-4H3/t18-,19+/m0/s1. The molecule has 0 amide bonds. The maximum absolute atomic E-state index is 12.5. The van der Waals surface area contributed by atoms with Gasteiger partial charge in [0.2, 0.25) is 0 Å². The Labute approximate surface area is 183 Å². The third-order valence-electron chi connectivity index (χ3n) is 5.49. The zero-order valence-electron chi connectivity index (χ0n) is 18.5. The molecule has 1 saturated heterocycles. The average Bonchev–Trinajstić information content (AvgIpc) is 3.13. The third kappa shape index (κ3) is 5.61. The summed E-state index contributed by atoms with van der Waals surface area (Å²) in [6, 6.07) is 11.6. The van der Waals surface area contributed by atoms with Crippen LogP contribution in [0.15, 0.2) is 36.4 Å². The highest BCUT2D eigenvalue weighted by atomic mass is 16.5. The lowest BCUT2D eigenvalue weighted by Gasteiger charge is -2.17. The van der Waals surface area contributed by atoms with Crippen molar-refractivity contribution >= 4 is 5.97 Å². The van der Waals surface area contributed by atoms with Gasteiger partial charge in [0, 0.05) is 13.0 Å². The second-order valence-electron chi connectivity index (χ2n) is 7.42. The topological polar surface area (TPSA) is 72.5 Å². The summed E-state index contributed by atoms with van der Waals surface area (Å²) in [6.07, 6.45) is 1.29. The Morgan fingerprint density at radius 2 is 1.42 bits per heavy atom. The van der Waals surface area contributed by atoms with E-state index in [-0.39, 0.29) is 17.8 Å². The highest BCUT2D eigenvalue weighted by Crippen LogP contribution is 2.34. The molecule has 0 N–H and O–H groups in total. The summed E-state index contributed by atoms with van der Waals surface area (Å²) >= 11 is 0. The van der Waals surface area contributed by atoms with Gasteiger partial charge in [-0.3, -0.25) is 4.79 Å². The molecule has 0 radical (unpaired) electrons. The minimum absolute atomic E-state index is 0.0780. The summed E-state index contributed by atoms with van der Waals surface area (Å²) in [5.74, 6) is 2.34. The minimum atomic E-state index is -0.224. The van der Waals surface area contributed by atoms with Gasteiger partial charge >= 0.3 is 5.97 Å². The summed E-state index contributed by atoms with van der Waals surface area (Å²) in [5, 5.41) is 0. The molecule has 2 aromatic rings. The van der Waals surface area contributed by atoms with Crippen LogP contribution < -0.4 is 18.9 Å². The number of carbonyl (C=O) groups excluding carboxylic acids is 1. The Hall–Kier alpha value is -2.93. The molecule has 1 aliphatic heterocycles. The van der Waals surface area contributed by atoms with Gasteiger partial charge in [0.25, 0.3) is 0 Å². The first-order chi connectivity index (χ1) is 15.1. The largest absolute Gasteiger partial charge is 0.493 e. The molecule has 7 heteroatoms. The molecule has 0 aliphatic carbocycles. The van der Waals surface area contributed by atoms with Crippen molar-refractivity contribution in [3.05, 3.63) is 47.5 Å². The van der Waals surface area contributed by atoms with Crippen LogP contribution in [0.5, 0.6) is 23.0 Å². The van der Waals surface area contributed by atoms with Gasteiger partial charge in [-0.15, -0.1) is 0 Å². The van der Waals surface area contributed by atoms with E-state index in [0.717, 1.165) is 11.1 Å². The minimum Gasteiger partial charge on any atom is -0.493 e. The Bertz CT molecular complexity index is 880. The van der Waals surface area contributed by atoms with Crippen LogP contribution in [0.3, 0.4) is 0 Å². The summed E-state index contributed by atoms with van der Waals surface area (Å²) in [4.78, 5) is 12.5. The van der Waals surface area contributed by atoms with Crippen LogP contribution >= 0.6 is 0 Å². The number of carbonyl (C=O) groups is 1. The van der Waals surface area contributed by atoms with Gasteiger partial charge in [-0.1, -0.05) is 12.1 Å². The average molecular weight is 430 g/mol. The number of esters is 1. The first-order valence-electron chi connectivity index (χ1n) is 10.3. The quantitative estimate of drug-likeness (QED) is 0.400. The molecule has 0 aromatic heterocycles. The summed E-state index contributed by atoms with van der Waals surface area (Å²) in [6.45, 7) is 1.35. The summed E-state index contributed by atoms with van der Waals surface area (Å²) in [5.41, 5.74) is 2.07. The fraction of sp³-hybridized carbons (Fsp3) is 0.458. The van der Waals surface area contributed by atoms with Crippen LogP contribution in [0.25, 0.3) is 0 Å². The fourth-order valence-electron chi connectivity index (χ4n) is 3.81. The van der Waals surface area contributed by atoms with E-state index in [1.807, 2.05) is 36.4 Å². The van der Waals surface area contributed by atoms with Crippen LogP contribution in [0, 0.1) is 11.8 Å². The molecule has 7 nitrogen and oxygen atoms in total.